The van der Waals surface area contributed by atoms with Crippen LogP contribution in [0.15, 0.2) is 23.4 Å². The van der Waals surface area contributed by atoms with E-state index in [1.807, 2.05) is 0 Å². The van der Waals surface area contributed by atoms with E-state index >= 15 is 0 Å². The molecule has 2 rings (SSSR count). The van der Waals surface area contributed by atoms with Crippen LogP contribution in [0.4, 0.5) is 4.39 Å². The van der Waals surface area contributed by atoms with Crippen LogP contribution in [0.3, 0.4) is 0 Å². The van der Waals surface area contributed by atoms with Crippen molar-refractivity contribution in [2.45, 2.75) is 6.42 Å². The Bertz CT molecular complexity index is 363. The van der Waals surface area contributed by atoms with E-state index in [0.717, 1.165) is 0 Å². The van der Waals surface area contributed by atoms with E-state index < -0.39 is 0 Å². The molecule has 3 nitrogen and oxygen atoms in total. The third-order valence-electron chi connectivity index (χ3n) is 1.97. The molecule has 0 amide bonds. The van der Waals surface area contributed by atoms with Gasteiger partial charge in [0.2, 0.25) is 0 Å². The van der Waals surface area contributed by atoms with Crippen LogP contribution in [0.5, 0.6) is 5.75 Å². The van der Waals surface area contributed by atoms with Crippen LogP contribution in [0.25, 0.3) is 0 Å². The van der Waals surface area contributed by atoms with E-state index in [4.69, 9.17) is 9.94 Å². The van der Waals surface area contributed by atoms with Crippen LogP contribution in [-0.4, -0.2) is 17.5 Å². The topological polar surface area (TPSA) is 41.8 Å². The average Bonchev–Trinajstić information content (AvgIpc) is 2.17. The molecule has 0 radical (unpaired) electrons. The summed E-state index contributed by atoms with van der Waals surface area (Å²) in [4.78, 5) is 0. The molecule has 0 bridgehead atoms. The van der Waals surface area contributed by atoms with Gasteiger partial charge in [-0.25, -0.2) is 4.39 Å². The zero-order chi connectivity index (χ0) is 9.26. The van der Waals surface area contributed by atoms with Crippen molar-refractivity contribution < 1.29 is 14.3 Å². The first-order valence-corrected chi connectivity index (χ1v) is 3.95. The number of nitrogens with zero attached hydrogens (tertiary/aromatic N) is 1. The van der Waals surface area contributed by atoms with Crippen molar-refractivity contribution in [1.82, 2.24) is 0 Å². The number of rotatable bonds is 0. The largest absolute Gasteiger partial charge is 0.492 e. The summed E-state index contributed by atoms with van der Waals surface area (Å²) in [7, 11) is 0. The fraction of sp³-hybridized carbons (Fsp3) is 0.222. The molecular formula is C9H8FNO2. The van der Waals surface area contributed by atoms with Crippen LogP contribution in [0.1, 0.15) is 12.0 Å². The standard InChI is InChI=1S/C9H8FNO2/c10-6-1-2-9-7(5-6)8(11-12)3-4-13-9/h1-2,5,12H,3-4H2/b11-8-. The van der Waals surface area contributed by atoms with Gasteiger partial charge in [0, 0.05) is 12.0 Å². The summed E-state index contributed by atoms with van der Waals surface area (Å²) in [5.74, 6) is 0.214. The van der Waals surface area contributed by atoms with Gasteiger partial charge in [0.25, 0.3) is 0 Å². The summed E-state index contributed by atoms with van der Waals surface area (Å²) < 4.78 is 18.1. The van der Waals surface area contributed by atoms with E-state index in [1.165, 1.54) is 18.2 Å². The molecule has 1 aromatic carbocycles. The number of hydrogen-bond donors (Lipinski definition) is 1. The Kier molecular flexibility index (Phi) is 1.88. The maximum absolute atomic E-state index is 12.8. The Labute approximate surface area is 74.4 Å². The monoisotopic (exact) mass is 181 g/mol. The van der Waals surface area contributed by atoms with Gasteiger partial charge >= 0.3 is 0 Å². The number of benzene rings is 1. The van der Waals surface area contributed by atoms with Crippen molar-refractivity contribution in [3.05, 3.63) is 29.6 Å². The molecule has 68 valence electrons. The van der Waals surface area contributed by atoms with Gasteiger partial charge in [-0.05, 0) is 18.2 Å². The van der Waals surface area contributed by atoms with E-state index in [-0.39, 0.29) is 5.82 Å². The Morgan fingerprint density at radius 1 is 1.46 bits per heavy atom. The number of halogens is 1. The zero-order valence-corrected chi connectivity index (χ0v) is 6.83. The average molecular weight is 181 g/mol. The normalized spacial score (nSPS) is 18.1. The molecule has 13 heavy (non-hydrogen) atoms. The molecule has 1 N–H and O–H groups in total. The Morgan fingerprint density at radius 2 is 2.31 bits per heavy atom. The highest BCUT2D eigenvalue weighted by Crippen LogP contribution is 2.25. The number of fused-ring (bicyclic) bond motifs is 1. The van der Waals surface area contributed by atoms with Crippen LogP contribution in [0, 0.1) is 5.82 Å². The van der Waals surface area contributed by atoms with E-state index in [1.54, 1.807) is 0 Å². The fourth-order valence-electron chi connectivity index (χ4n) is 1.35. The second kappa shape index (κ2) is 3.05. The number of ether oxygens (including phenoxy) is 1. The maximum atomic E-state index is 12.8. The summed E-state index contributed by atoms with van der Waals surface area (Å²) in [5, 5.41) is 11.7. The summed E-state index contributed by atoms with van der Waals surface area (Å²) in [6, 6.07) is 4.16. The van der Waals surface area contributed by atoms with Crippen molar-refractivity contribution in [3.8, 4) is 5.75 Å². The molecule has 0 fully saturated rings. The lowest BCUT2D eigenvalue weighted by Gasteiger charge is -2.17. The van der Waals surface area contributed by atoms with Gasteiger partial charge in [0.1, 0.15) is 11.6 Å². The minimum Gasteiger partial charge on any atom is -0.492 e. The van der Waals surface area contributed by atoms with Crippen molar-refractivity contribution in [3.63, 3.8) is 0 Å². The second-order valence-corrected chi connectivity index (χ2v) is 2.79. The van der Waals surface area contributed by atoms with Gasteiger partial charge in [-0.2, -0.15) is 0 Å². The first kappa shape index (κ1) is 8.04. The van der Waals surface area contributed by atoms with Crippen molar-refractivity contribution in [2.24, 2.45) is 5.16 Å². The lowest BCUT2D eigenvalue weighted by molar-refractivity contribution is 0.297. The lowest BCUT2D eigenvalue weighted by Crippen LogP contribution is -2.16. The highest BCUT2D eigenvalue weighted by Gasteiger charge is 2.17. The molecule has 0 saturated carbocycles. The SMILES string of the molecule is O/N=C1/CCOc2ccc(F)cc21. The smallest absolute Gasteiger partial charge is 0.128 e. The summed E-state index contributed by atoms with van der Waals surface area (Å²) >= 11 is 0. The Balaban J connectivity index is 2.54. The first-order chi connectivity index (χ1) is 6.31. The van der Waals surface area contributed by atoms with Crippen molar-refractivity contribution in [2.75, 3.05) is 6.61 Å². The highest BCUT2D eigenvalue weighted by molar-refractivity contribution is 6.03. The van der Waals surface area contributed by atoms with Gasteiger partial charge < -0.3 is 9.94 Å². The maximum Gasteiger partial charge on any atom is 0.128 e. The Hall–Kier alpha value is -1.58. The van der Waals surface area contributed by atoms with Gasteiger partial charge in [-0.1, -0.05) is 5.16 Å². The van der Waals surface area contributed by atoms with Crippen LogP contribution >= 0.6 is 0 Å². The molecule has 1 aliphatic heterocycles. The summed E-state index contributed by atoms with van der Waals surface area (Å²) in [5.41, 5.74) is 1.01. The minimum absolute atomic E-state index is 0.356. The van der Waals surface area contributed by atoms with Gasteiger partial charge in [-0.15, -0.1) is 0 Å². The highest BCUT2D eigenvalue weighted by atomic mass is 19.1. The van der Waals surface area contributed by atoms with Crippen molar-refractivity contribution in [1.29, 1.82) is 0 Å². The predicted octanol–water partition coefficient (Wildman–Crippen LogP) is 1.79. The molecule has 1 aliphatic rings. The molecule has 0 spiro atoms. The molecule has 1 aromatic rings. The Morgan fingerprint density at radius 3 is 3.08 bits per heavy atom. The van der Waals surface area contributed by atoms with E-state index in [2.05, 4.69) is 5.16 Å². The zero-order valence-electron chi connectivity index (χ0n) is 6.83. The number of oxime groups is 1. The third-order valence-corrected chi connectivity index (χ3v) is 1.97. The fourth-order valence-corrected chi connectivity index (χ4v) is 1.35. The first-order valence-electron chi connectivity index (χ1n) is 3.95. The van der Waals surface area contributed by atoms with Crippen LogP contribution in [0.2, 0.25) is 0 Å². The summed E-state index contributed by atoms with van der Waals surface area (Å²) in [6.45, 7) is 0.470. The molecule has 0 saturated heterocycles. The molecule has 0 aliphatic carbocycles. The molecule has 0 unspecified atom stereocenters. The molecule has 0 atom stereocenters. The van der Waals surface area contributed by atoms with Crippen molar-refractivity contribution >= 4 is 5.71 Å². The molecule has 0 aromatic heterocycles. The summed E-state index contributed by atoms with van der Waals surface area (Å²) in [6.07, 6.45) is 0.507. The van der Waals surface area contributed by atoms with Gasteiger partial charge in [0.05, 0.1) is 12.3 Å². The van der Waals surface area contributed by atoms with E-state index in [9.17, 15) is 4.39 Å². The number of hydrogen-bond acceptors (Lipinski definition) is 3. The molecular weight excluding hydrogens is 173 g/mol. The van der Waals surface area contributed by atoms with Gasteiger partial charge in [-0.3, -0.25) is 0 Å². The predicted molar refractivity (Wildman–Crippen MR) is 44.8 cm³/mol. The molecule has 1 heterocycles. The van der Waals surface area contributed by atoms with Crippen LogP contribution < -0.4 is 4.74 Å². The quantitative estimate of drug-likeness (QED) is 0.489. The molecule has 4 heteroatoms. The second-order valence-electron chi connectivity index (χ2n) is 2.79. The van der Waals surface area contributed by atoms with E-state index in [0.29, 0.717) is 30.1 Å². The third kappa shape index (κ3) is 1.35. The lowest BCUT2D eigenvalue weighted by atomic mass is 10.0. The minimum atomic E-state index is -0.356. The van der Waals surface area contributed by atoms with Gasteiger partial charge in [0.15, 0.2) is 0 Å². The van der Waals surface area contributed by atoms with Crippen LogP contribution in [-0.2, 0) is 0 Å².